The summed E-state index contributed by atoms with van der Waals surface area (Å²) < 4.78 is 5.00. The number of aliphatic carboxylic acids is 1. The van der Waals surface area contributed by atoms with Crippen molar-refractivity contribution in [3.8, 4) is 0 Å². The molecule has 0 saturated heterocycles. The van der Waals surface area contributed by atoms with Gasteiger partial charge >= 0.3 is 5.97 Å². The fourth-order valence-electron chi connectivity index (χ4n) is 1.60. The lowest BCUT2D eigenvalue weighted by Gasteiger charge is -2.15. The van der Waals surface area contributed by atoms with Gasteiger partial charge in [-0.25, -0.2) is 0 Å². The van der Waals surface area contributed by atoms with Crippen molar-refractivity contribution < 1.29 is 19.4 Å². The van der Waals surface area contributed by atoms with E-state index in [1.165, 1.54) is 0 Å². The predicted molar refractivity (Wildman–Crippen MR) is 61.3 cm³/mol. The molecular weight excluding hydrogens is 222 g/mol. The van der Waals surface area contributed by atoms with E-state index in [-0.39, 0.29) is 6.42 Å². The molecule has 1 amide bonds. The van der Waals surface area contributed by atoms with Gasteiger partial charge in [0.25, 0.3) is 0 Å². The highest BCUT2D eigenvalue weighted by molar-refractivity contribution is 5.68. The summed E-state index contributed by atoms with van der Waals surface area (Å²) >= 11 is 0. The smallest absolute Gasteiger partial charge is 0.305 e. The van der Waals surface area contributed by atoms with Gasteiger partial charge in [0.1, 0.15) is 0 Å². The number of carboxylic acids is 1. The summed E-state index contributed by atoms with van der Waals surface area (Å²) in [6.07, 6.45) is 0.367. The Balaban J connectivity index is 2.88. The van der Waals surface area contributed by atoms with Crippen LogP contribution in [0.3, 0.4) is 0 Å². The molecule has 1 atom stereocenters. The Hall–Kier alpha value is -1.88. The van der Waals surface area contributed by atoms with Crippen LogP contribution in [-0.4, -0.2) is 24.6 Å². The Labute approximate surface area is 99.4 Å². The van der Waals surface area contributed by atoms with Crippen LogP contribution in [0.15, 0.2) is 24.3 Å². The first-order valence-electron chi connectivity index (χ1n) is 5.16. The molecule has 0 spiro atoms. The number of carbonyl (C=O) groups excluding carboxylic acids is 1. The first-order valence-corrected chi connectivity index (χ1v) is 5.16. The fourth-order valence-corrected chi connectivity index (χ4v) is 1.60. The number of ether oxygens (including phenoxy) is 1. The lowest BCUT2D eigenvalue weighted by molar-refractivity contribution is -0.137. The zero-order valence-electron chi connectivity index (χ0n) is 9.55. The van der Waals surface area contributed by atoms with Crippen LogP contribution in [0.5, 0.6) is 0 Å². The number of methoxy groups -OCH3 is 1. The van der Waals surface area contributed by atoms with E-state index in [0.29, 0.717) is 13.0 Å². The third kappa shape index (κ3) is 4.24. The average Bonchev–Trinajstić information content (AvgIpc) is 2.29. The third-order valence-electron chi connectivity index (χ3n) is 2.31. The summed E-state index contributed by atoms with van der Waals surface area (Å²) in [5, 5.41) is 11.3. The first-order chi connectivity index (χ1) is 8.17. The maximum absolute atomic E-state index is 10.7. The Kier molecular flexibility index (Phi) is 5.16. The molecule has 0 aromatic heterocycles. The molecule has 17 heavy (non-hydrogen) atoms. The van der Waals surface area contributed by atoms with Gasteiger partial charge in [0.2, 0.25) is 6.41 Å². The molecule has 1 aromatic rings. The lowest BCUT2D eigenvalue weighted by Crippen LogP contribution is -2.22. The molecule has 92 valence electrons. The van der Waals surface area contributed by atoms with E-state index in [1.54, 1.807) is 13.2 Å². The molecule has 0 aliphatic rings. The molecule has 0 unspecified atom stereocenters. The number of rotatable bonds is 7. The maximum atomic E-state index is 10.7. The van der Waals surface area contributed by atoms with Gasteiger partial charge in [-0.3, -0.25) is 9.59 Å². The van der Waals surface area contributed by atoms with Gasteiger partial charge < -0.3 is 15.2 Å². The number of carboxylic acid groups (broad SMARTS) is 1. The minimum atomic E-state index is -0.957. The average molecular weight is 237 g/mol. The minimum Gasteiger partial charge on any atom is -0.481 e. The van der Waals surface area contributed by atoms with Gasteiger partial charge in [-0.05, 0) is 11.1 Å². The lowest BCUT2D eigenvalue weighted by atomic mass is 10.0. The normalized spacial score (nSPS) is 11.8. The van der Waals surface area contributed by atoms with Crippen LogP contribution in [0.2, 0.25) is 0 Å². The van der Waals surface area contributed by atoms with Gasteiger partial charge in [0, 0.05) is 7.11 Å². The molecule has 0 aliphatic carbocycles. The van der Waals surface area contributed by atoms with E-state index in [2.05, 4.69) is 5.32 Å². The number of hydrogen-bond acceptors (Lipinski definition) is 3. The molecule has 2 N–H and O–H groups in total. The van der Waals surface area contributed by atoms with E-state index in [4.69, 9.17) is 9.84 Å². The monoisotopic (exact) mass is 237 g/mol. The SMILES string of the molecule is COCc1cccc([C@@H](CC(=O)O)NC=O)c1. The molecule has 5 nitrogen and oxygen atoms in total. The van der Waals surface area contributed by atoms with Gasteiger partial charge in [0.05, 0.1) is 19.1 Å². The molecule has 1 rings (SSSR count). The Morgan fingerprint density at radius 3 is 2.94 bits per heavy atom. The van der Waals surface area contributed by atoms with E-state index in [1.807, 2.05) is 18.2 Å². The van der Waals surface area contributed by atoms with Crippen LogP contribution in [0.4, 0.5) is 0 Å². The van der Waals surface area contributed by atoms with Crippen molar-refractivity contribution in [2.75, 3.05) is 7.11 Å². The third-order valence-corrected chi connectivity index (χ3v) is 2.31. The summed E-state index contributed by atoms with van der Waals surface area (Å²) in [4.78, 5) is 21.1. The topological polar surface area (TPSA) is 75.6 Å². The van der Waals surface area contributed by atoms with Crippen molar-refractivity contribution in [1.82, 2.24) is 5.32 Å². The minimum absolute atomic E-state index is 0.144. The van der Waals surface area contributed by atoms with Crippen LogP contribution in [0.1, 0.15) is 23.6 Å². The highest BCUT2D eigenvalue weighted by Crippen LogP contribution is 2.18. The quantitative estimate of drug-likeness (QED) is 0.696. The summed E-state index contributed by atoms with van der Waals surface area (Å²) in [6.45, 7) is 0.453. The van der Waals surface area contributed by atoms with Crippen molar-refractivity contribution in [2.45, 2.75) is 19.1 Å². The van der Waals surface area contributed by atoms with Gasteiger partial charge in [0.15, 0.2) is 0 Å². The molecule has 0 heterocycles. The van der Waals surface area contributed by atoms with Crippen LogP contribution >= 0.6 is 0 Å². The van der Waals surface area contributed by atoms with Crippen molar-refractivity contribution in [2.24, 2.45) is 0 Å². The fraction of sp³-hybridized carbons (Fsp3) is 0.333. The summed E-state index contributed by atoms with van der Waals surface area (Å²) in [5.41, 5.74) is 1.70. The molecule has 0 saturated carbocycles. The number of benzene rings is 1. The van der Waals surface area contributed by atoms with Gasteiger partial charge in [-0.1, -0.05) is 24.3 Å². The highest BCUT2D eigenvalue weighted by atomic mass is 16.5. The largest absolute Gasteiger partial charge is 0.481 e. The second-order valence-corrected chi connectivity index (χ2v) is 3.61. The summed E-state index contributed by atoms with van der Waals surface area (Å²) in [6, 6.07) is 6.79. The highest BCUT2D eigenvalue weighted by Gasteiger charge is 2.14. The molecule has 0 aliphatic heterocycles. The summed E-state index contributed by atoms with van der Waals surface area (Å²) in [5.74, 6) is -0.957. The zero-order chi connectivity index (χ0) is 12.7. The molecule has 0 fully saturated rings. The predicted octanol–water partition coefficient (Wildman–Crippen LogP) is 1.09. The number of hydrogen-bond donors (Lipinski definition) is 2. The number of nitrogens with one attached hydrogen (secondary N) is 1. The Bertz CT molecular complexity index is 392. The van der Waals surface area contributed by atoms with Crippen molar-refractivity contribution >= 4 is 12.4 Å². The standard InChI is InChI=1S/C12H15NO4/c1-17-7-9-3-2-4-10(5-9)11(13-8-14)6-12(15)16/h2-5,8,11H,6-7H2,1H3,(H,13,14)(H,15,16)/t11-/m1/s1. The van der Waals surface area contributed by atoms with Crippen LogP contribution in [0, 0.1) is 0 Å². The molecule has 5 heteroatoms. The maximum Gasteiger partial charge on any atom is 0.305 e. The van der Waals surface area contributed by atoms with E-state index in [9.17, 15) is 9.59 Å². The molecule has 0 bridgehead atoms. The van der Waals surface area contributed by atoms with E-state index in [0.717, 1.165) is 11.1 Å². The van der Waals surface area contributed by atoms with Crippen molar-refractivity contribution in [3.05, 3.63) is 35.4 Å². The zero-order valence-corrected chi connectivity index (χ0v) is 9.55. The number of amides is 1. The van der Waals surface area contributed by atoms with Crippen LogP contribution < -0.4 is 5.32 Å². The summed E-state index contributed by atoms with van der Waals surface area (Å²) in [7, 11) is 1.59. The second-order valence-electron chi connectivity index (χ2n) is 3.61. The first kappa shape index (κ1) is 13.2. The Morgan fingerprint density at radius 2 is 2.35 bits per heavy atom. The van der Waals surface area contributed by atoms with Gasteiger partial charge in [-0.15, -0.1) is 0 Å². The number of carbonyl (C=O) groups is 2. The van der Waals surface area contributed by atoms with Crippen LogP contribution in [0.25, 0.3) is 0 Å². The van der Waals surface area contributed by atoms with Crippen LogP contribution in [-0.2, 0) is 20.9 Å². The molecule has 0 radical (unpaired) electrons. The van der Waals surface area contributed by atoms with E-state index < -0.39 is 12.0 Å². The molecular formula is C12H15NO4. The molecule has 1 aromatic carbocycles. The Morgan fingerprint density at radius 1 is 1.59 bits per heavy atom. The van der Waals surface area contributed by atoms with Crippen molar-refractivity contribution in [3.63, 3.8) is 0 Å². The van der Waals surface area contributed by atoms with Crippen molar-refractivity contribution in [1.29, 1.82) is 0 Å². The van der Waals surface area contributed by atoms with E-state index >= 15 is 0 Å². The second kappa shape index (κ2) is 6.65. The van der Waals surface area contributed by atoms with Gasteiger partial charge in [-0.2, -0.15) is 0 Å².